The summed E-state index contributed by atoms with van der Waals surface area (Å²) in [4.78, 5) is 13.2. The van der Waals surface area contributed by atoms with Crippen molar-refractivity contribution in [2.45, 2.75) is 13.0 Å². The molecule has 0 aliphatic carbocycles. The van der Waals surface area contributed by atoms with Gasteiger partial charge < -0.3 is 19.5 Å². The van der Waals surface area contributed by atoms with Gasteiger partial charge in [-0.2, -0.15) is 0 Å². The van der Waals surface area contributed by atoms with Gasteiger partial charge in [0.15, 0.2) is 11.5 Å². The third-order valence-electron chi connectivity index (χ3n) is 3.44. The van der Waals surface area contributed by atoms with E-state index in [2.05, 4.69) is 5.32 Å². The Kier molecular flexibility index (Phi) is 6.26. The highest BCUT2D eigenvalue weighted by Gasteiger charge is 2.12. The summed E-state index contributed by atoms with van der Waals surface area (Å²) in [7, 11) is 4.66. The van der Waals surface area contributed by atoms with Crippen molar-refractivity contribution in [2.24, 2.45) is 0 Å². The van der Waals surface area contributed by atoms with Crippen molar-refractivity contribution in [2.75, 3.05) is 21.3 Å². The fraction of sp³-hybridized carbons (Fsp3) is 0.278. The standard InChI is InChI=1S/C18H21NO4S/c1-12(16-6-5-9-24-16)19-17(20)8-7-13-10-14(21-2)18(23-4)15(11-13)22-3/h5-12H,1-4H3,(H,19,20)/b8-7+. The molecule has 0 bridgehead atoms. The third kappa shape index (κ3) is 4.29. The molecule has 0 saturated carbocycles. The Morgan fingerprint density at radius 1 is 1.17 bits per heavy atom. The van der Waals surface area contributed by atoms with Gasteiger partial charge in [0.1, 0.15) is 0 Å². The Hall–Kier alpha value is -2.47. The lowest BCUT2D eigenvalue weighted by Gasteiger charge is -2.13. The quantitative estimate of drug-likeness (QED) is 0.777. The van der Waals surface area contributed by atoms with E-state index in [0.29, 0.717) is 17.2 Å². The summed E-state index contributed by atoms with van der Waals surface area (Å²) in [6, 6.07) is 7.51. The van der Waals surface area contributed by atoms with Crippen molar-refractivity contribution in [3.05, 3.63) is 46.2 Å². The fourth-order valence-electron chi connectivity index (χ4n) is 2.24. The SMILES string of the molecule is COc1cc(/C=C/C(=O)NC(C)c2cccs2)cc(OC)c1OC. The van der Waals surface area contributed by atoms with E-state index in [-0.39, 0.29) is 11.9 Å². The van der Waals surface area contributed by atoms with Crippen LogP contribution in [-0.2, 0) is 4.79 Å². The third-order valence-corrected chi connectivity index (χ3v) is 4.50. The first-order valence-electron chi connectivity index (χ1n) is 7.41. The fourth-order valence-corrected chi connectivity index (χ4v) is 2.97. The predicted octanol–water partition coefficient (Wildman–Crippen LogP) is 3.66. The first-order chi connectivity index (χ1) is 11.6. The van der Waals surface area contributed by atoms with Gasteiger partial charge in [-0.05, 0) is 42.1 Å². The number of carbonyl (C=O) groups is 1. The van der Waals surface area contributed by atoms with Gasteiger partial charge in [0.05, 0.1) is 27.4 Å². The van der Waals surface area contributed by atoms with Crippen LogP contribution in [-0.4, -0.2) is 27.2 Å². The van der Waals surface area contributed by atoms with Crippen LogP contribution in [0.25, 0.3) is 6.08 Å². The molecule has 1 unspecified atom stereocenters. The second kappa shape index (κ2) is 8.40. The molecule has 2 aromatic rings. The Bertz CT molecular complexity index is 685. The highest BCUT2D eigenvalue weighted by Crippen LogP contribution is 2.38. The van der Waals surface area contributed by atoms with Crippen LogP contribution < -0.4 is 19.5 Å². The van der Waals surface area contributed by atoms with E-state index in [1.165, 1.54) is 6.08 Å². The molecule has 1 atom stereocenters. The van der Waals surface area contributed by atoms with E-state index < -0.39 is 0 Å². The van der Waals surface area contributed by atoms with Gasteiger partial charge >= 0.3 is 0 Å². The summed E-state index contributed by atoms with van der Waals surface area (Å²) in [5.74, 6) is 1.45. The molecule has 0 saturated heterocycles. The number of ether oxygens (including phenoxy) is 3. The van der Waals surface area contributed by atoms with Crippen molar-refractivity contribution < 1.29 is 19.0 Å². The number of benzene rings is 1. The molecular weight excluding hydrogens is 326 g/mol. The molecule has 0 fully saturated rings. The maximum absolute atomic E-state index is 12.1. The smallest absolute Gasteiger partial charge is 0.244 e. The zero-order valence-corrected chi connectivity index (χ0v) is 15.0. The van der Waals surface area contributed by atoms with E-state index in [1.54, 1.807) is 50.9 Å². The minimum Gasteiger partial charge on any atom is -0.493 e. The lowest BCUT2D eigenvalue weighted by atomic mass is 10.1. The molecule has 2 rings (SSSR count). The maximum atomic E-state index is 12.1. The van der Waals surface area contributed by atoms with Gasteiger partial charge in [0.2, 0.25) is 11.7 Å². The van der Waals surface area contributed by atoms with Gasteiger partial charge in [0, 0.05) is 11.0 Å². The minimum atomic E-state index is -0.162. The summed E-state index contributed by atoms with van der Waals surface area (Å²) >= 11 is 1.62. The van der Waals surface area contributed by atoms with Crippen LogP contribution in [0, 0.1) is 0 Å². The summed E-state index contributed by atoms with van der Waals surface area (Å²) in [5, 5.41) is 4.92. The molecule has 1 N–H and O–H groups in total. The largest absolute Gasteiger partial charge is 0.493 e. The lowest BCUT2D eigenvalue weighted by molar-refractivity contribution is -0.117. The molecule has 0 radical (unpaired) electrons. The van der Waals surface area contributed by atoms with E-state index in [0.717, 1.165) is 10.4 Å². The van der Waals surface area contributed by atoms with Crippen LogP contribution in [0.4, 0.5) is 0 Å². The Balaban J connectivity index is 2.12. The molecule has 1 heterocycles. The van der Waals surface area contributed by atoms with Crippen molar-refractivity contribution in [1.82, 2.24) is 5.32 Å². The topological polar surface area (TPSA) is 56.8 Å². The Morgan fingerprint density at radius 2 is 1.83 bits per heavy atom. The monoisotopic (exact) mass is 347 g/mol. The molecule has 1 amide bonds. The molecule has 0 aliphatic rings. The van der Waals surface area contributed by atoms with Crippen LogP contribution in [0.3, 0.4) is 0 Å². The predicted molar refractivity (Wildman–Crippen MR) is 96.0 cm³/mol. The lowest BCUT2D eigenvalue weighted by Crippen LogP contribution is -2.23. The van der Waals surface area contributed by atoms with Gasteiger partial charge in [-0.1, -0.05) is 6.07 Å². The van der Waals surface area contributed by atoms with Crippen LogP contribution in [0.1, 0.15) is 23.4 Å². The van der Waals surface area contributed by atoms with Gasteiger partial charge in [-0.15, -0.1) is 11.3 Å². The summed E-state index contributed by atoms with van der Waals surface area (Å²) < 4.78 is 15.9. The van der Waals surface area contributed by atoms with Crippen molar-refractivity contribution in [1.29, 1.82) is 0 Å². The summed E-state index contributed by atoms with van der Waals surface area (Å²) in [6.07, 6.45) is 3.20. The minimum absolute atomic E-state index is 0.0258. The van der Waals surface area contributed by atoms with Crippen molar-refractivity contribution in [3.63, 3.8) is 0 Å². The van der Waals surface area contributed by atoms with E-state index in [4.69, 9.17) is 14.2 Å². The zero-order valence-electron chi connectivity index (χ0n) is 14.2. The molecule has 0 spiro atoms. The normalized spacial score (nSPS) is 12.0. The molecule has 0 aliphatic heterocycles. The number of methoxy groups -OCH3 is 3. The number of rotatable bonds is 7. The molecular formula is C18H21NO4S. The average molecular weight is 347 g/mol. The number of hydrogen-bond acceptors (Lipinski definition) is 5. The number of thiophene rings is 1. The average Bonchev–Trinajstić information content (AvgIpc) is 3.13. The molecule has 1 aromatic heterocycles. The van der Waals surface area contributed by atoms with Gasteiger partial charge in [-0.3, -0.25) is 4.79 Å². The van der Waals surface area contributed by atoms with Crippen molar-refractivity contribution in [3.8, 4) is 17.2 Å². The number of amides is 1. The molecule has 1 aromatic carbocycles. The number of nitrogens with one attached hydrogen (secondary N) is 1. The van der Waals surface area contributed by atoms with Crippen LogP contribution >= 0.6 is 11.3 Å². The Morgan fingerprint density at radius 3 is 2.33 bits per heavy atom. The first-order valence-corrected chi connectivity index (χ1v) is 8.29. The molecule has 24 heavy (non-hydrogen) atoms. The second-order valence-electron chi connectivity index (χ2n) is 5.04. The number of hydrogen-bond donors (Lipinski definition) is 1. The van der Waals surface area contributed by atoms with Crippen LogP contribution in [0.5, 0.6) is 17.2 Å². The maximum Gasteiger partial charge on any atom is 0.244 e. The van der Waals surface area contributed by atoms with Gasteiger partial charge in [0.25, 0.3) is 0 Å². The van der Waals surface area contributed by atoms with E-state index >= 15 is 0 Å². The molecule has 5 nitrogen and oxygen atoms in total. The number of carbonyl (C=O) groups excluding carboxylic acids is 1. The van der Waals surface area contributed by atoms with Crippen molar-refractivity contribution >= 4 is 23.3 Å². The summed E-state index contributed by atoms with van der Waals surface area (Å²) in [6.45, 7) is 1.96. The highest BCUT2D eigenvalue weighted by molar-refractivity contribution is 7.10. The van der Waals surface area contributed by atoms with Crippen LogP contribution in [0.15, 0.2) is 35.7 Å². The Labute approximate surface area is 145 Å². The van der Waals surface area contributed by atoms with Crippen LogP contribution in [0.2, 0.25) is 0 Å². The second-order valence-corrected chi connectivity index (χ2v) is 6.02. The van der Waals surface area contributed by atoms with Gasteiger partial charge in [-0.25, -0.2) is 0 Å². The van der Waals surface area contributed by atoms with E-state index in [1.807, 2.05) is 24.4 Å². The molecule has 128 valence electrons. The summed E-state index contributed by atoms with van der Waals surface area (Å²) in [5.41, 5.74) is 0.781. The molecule has 6 heteroatoms. The van der Waals surface area contributed by atoms with E-state index in [9.17, 15) is 4.79 Å². The highest BCUT2D eigenvalue weighted by atomic mass is 32.1. The first kappa shape index (κ1) is 17.9. The zero-order chi connectivity index (χ0) is 17.5.